The standard InChI is InChI=1S/C21H22BrN3O2S/c1-3-11-25-20(27)17-12-16(22)9-10-18(17)23-21(25)28-14-19(26)24(2)13-15-7-5-4-6-8-15/h4-10,12H,3,11,13-14H2,1-2H3. The van der Waals surface area contributed by atoms with Crippen molar-refractivity contribution in [3.05, 3.63) is 68.9 Å². The van der Waals surface area contributed by atoms with Crippen LogP contribution in [-0.2, 0) is 17.9 Å². The van der Waals surface area contributed by atoms with Crippen LogP contribution in [0.2, 0.25) is 0 Å². The Labute approximate surface area is 176 Å². The zero-order valence-corrected chi connectivity index (χ0v) is 18.3. The Morgan fingerprint density at radius 2 is 1.96 bits per heavy atom. The molecule has 0 saturated carbocycles. The Kier molecular flexibility index (Phi) is 6.91. The number of benzene rings is 2. The molecule has 0 N–H and O–H groups in total. The van der Waals surface area contributed by atoms with Crippen molar-refractivity contribution >= 4 is 44.5 Å². The third kappa shape index (κ3) is 4.83. The van der Waals surface area contributed by atoms with E-state index < -0.39 is 0 Å². The topological polar surface area (TPSA) is 55.2 Å². The molecular weight excluding hydrogens is 438 g/mol. The average Bonchev–Trinajstić information content (AvgIpc) is 2.70. The number of aromatic nitrogens is 2. The van der Waals surface area contributed by atoms with Crippen LogP contribution < -0.4 is 5.56 Å². The molecule has 0 aliphatic carbocycles. The van der Waals surface area contributed by atoms with Gasteiger partial charge in [0, 0.05) is 24.6 Å². The summed E-state index contributed by atoms with van der Waals surface area (Å²) in [6, 6.07) is 15.4. The molecule has 1 amide bonds. The summed E-state index contributed by atoms with van der Waals surface area (Å²) in [5.41, 5.74) is 1.66. The minimum Gasteiger partial charge on any atom is -0.341 e. The first-order valence-corrected chi connectivity index (χ1v) is 10.9. The molecular formula is C21H22BrN3O2S. The summed E-state index contributed by atoms with van der Waals surface area (Å²) < 4.78 is 2.52. The number of hydrogen-bond donors (Lipinski definition) is 0. The van der Waals surface area contributed by atoms with Gasteiger partial charge in [-0.1, -0.05) is 64.9 Å². The Hall–Kier alpha value is -2.12. The molecule has 3 rings (SSSR count). The summed E-state index contributed by atoms with van der Waals surface area (Å²) in [5, 5.41) is 1.17. The number of hydrogen-bond acceptors (Lipinski definition) is 4. The summed E-state index contributed by atoms with van der Waals surface area (Å²) in [4.78, 5) is 31.8. The lowest BCUT2D eigenvalue weighted by Crippen LogP contribution is -2.29. The quantitative estimate of drug-likeness (QED) is 0.389. The smallest absolute Gasteiger partial charge is 0.262 e. The van der Waals surface area contributed by atoms with Crippen molar-refractivity contribution in [3.8, 4) is 0 Å². The van der Waals surface area contributed by atoms with Gasteiger partial charge in [0.05, 0.1) is 16.7 Å². The van der Waals surface area contributed by atoms with E-state index in [9.17, 15) is 9.59 Å². The van der Waals surface area contributed by atoms with Crippen molar-refractivity contribution in [1.29, 1.82) is 0 Å². The Bertz CT molecular complexity index is 1040. The van der Waals surface area contributed by atoms with Crippen molar-refractivity contribution in [3.63, 3.8) is 0 Å². The molecule has 0 unspecified atom stereocenters. The molecule has 3 aromatic rings. The van der Waals surface area contributed by atoms with Crippen LogP contribution in [0.4, 0.5) is 0 Å². The molecule has 0 spiro atoms. The van der Waals surface area contributed by atoms with Crippen LogP contribution in [0.15, 0.2) is 63.0 Å². The van der Waals surface area contributed by atoms with Crippen molar-refractivity contribution in [2.24, 2.45) is 0 Å². The van der Waals surface area contributed by atoms with Gasteiger partial charge >= 0.3 is 0 Å². The molecule has 146 valence electrons. The predicted molar refractivity (Wildman–Crippen MR) is 118 cm³/mol. The summed E-state index contributed by atoms with van der Waals surface area (Å²) in [5.74, 6) is 0.240. The van der Waals surface area contributed by atoms with Gasteiger partial charge in [-0.2, -0.15) is 0 Å². The van der Waals surface area contributed by atoms with Crippen LogP contribution >= 0.6 is 27.7 Å². The first-order chi connectivity index (χ1) is 13.5. The summed E-state index contributed by atoms with van der Waals surface area (Å²) >= 11 is 4.73. The van der Waals surface area contributed by atoms with Crippen LogP contribution in [0.1, 0.15) is 18.9 Å². The number of carbonyl (C=O) groups excluding carboxylic acids is 1. The van der Waals surface area contributed by atoms with Gasteiger partial charge in [-0.3, -0.25) is 14.2 Å². The maximum atomic E-state index is 12.9. The maximum absolute atomic E-state index is 12.9. The fourth-order valence-corrected chi connectivity index (χ4v) is 4.21. The van der Waals surface area contributed by atoms with Crippen LogP contribution in [0.25, 0.3) is 10.9 Å². The fourth-order valence-electron chi connectivity index (χ4n) is 2.89. The zero-order chi connectivity index (χ0) is 20.1. The van der Waals surface area contributed by atoms with E-state index in [0.29, 0.717) is 29.1 Å². The lowest BCUT2D eigenvalue weighted by Gasteiger charge is -2.18. The molecule has 0 radical (unpaired) electrons. The van der Waals surface area contributed by atoms with Crippen molar-refractivity contribution in [1.82, 2.24) is 14.5 Å². The van der Waals surface area contributed by atoms with Gasteiger partial charge in [-0.05, 0) is 30.2 Å². The lowest BCUT2D eigenvalue weighted by molar-refractivity contribution is -0.127. The molecule has 0 aliphatic rings. The summed E-state index contributed by atoms with van der Waals surface area (Å²) in [6.45, 7) is 3.15. The van der Waals surface area contributed by atoms with Crippen LogP contribution in [0.3, 0.4) is 0 Å². The number of rotatable bonds is 7. The molecule has 0 atom stereocenters. The first kappa shape index (κ1) is 20.6. The van der Waals surface area contributed by atoms with E-state index in [4.69, 9.17) is 0 Å². The van der Waals surface area contributed by atoms with E-state index in [1.54, 1.807) is 22.6 Å². The third-order valence-electron chi connectivity index (χ3n) is 4.34. The highest BCUT2D eigenvalue weighted by atomic mass is 79.9. The average molecular weight is 460 g/mol. The minimum atomic E-state index is -0.0688. The Morgan fingerprint density at radius 3 is 2.68 bits per heavy atom. The third-order valence-corrected chi connectivity index (χ3v) is 5.80. The molecule has 7 heteroatoms. The zero-order valence-electron chi connectivity index (χ0n) is 15.9. The summed E-state index contributed by atoms with van der Waals surface area (Å²) in [7, 11) is 1.79. The van der Waals surface area contributed by atoms with E-state index in [2.05, 4.69) is 20.9 Å². The molecule has 0 bridgehead atoms. The minimum absolute atomic E-state index is 0.00190. The SMILES string of the molecule is CCCn1c(SCC(=O)N(C)Cc2ccccc2)nc2ccc(Br)cc2c1=O. The Morgan fingerprint density at radius 1 is 1.21 bits per heavy atom. The largest absolute Gasteiger partial charge is 0.341 e. The molecule has 2 aromatic carbocycles. The van der Waals surface area contributed by atoms with Gasteiger partial charge < -0.3 is 4.90 Å². The van der Waals surface area contributed by atoms with Crippen LogP contribution in [0, 0.1) is 0 Å². The normalized spacial score (nSPS) is 11.0. The number of amides is 1. The number of halogens is 1. The van der Waals surface area contributed by atoms with Gasteiger partial charge in [0.1, 0.15) is 0 Å². The molecule has 1 aromatic heterocycles. The summed E-state index contributed by atoms with van der Waals surface area (Å²) in [6.07, 6.45) is 0.816. The maximum Gasteiger partial charge on any atom is 0.262 e. The highest BCUT2D eigenvalue weighted by Crippen LogP contribution is 2.21. The number of carbonyl (C=O) groups is 1. The van der Waals surface area contributed by atoms with Gasteiger partial charge in [-0.25, -0.2) is 4.98 Å². The number of nitrogens with zero attached hydrogens (tertiary/aromatic N) is 3. The first-order valence-electron chi connectivity index (χ1n) is 9.10. The highest BCUT2D eigenvalue weighted by Gasteiger charge is 2.15. The number of fused-ring (bicyclic) bond motifs is 1. The van der Waals surface area contributed by atoms with Crippen LogP contribution in [-0.4, -0.2) is 33.2 Å². The van der Waals surface area contributed by atoms with E-state index in [1.165, 1.54) is 11.8 Å². The second-order valence-electron chi connectivity index (χ2n) is 6.54. The van der Waals surface area contributed by atoms with Crippen LogP contribution in [0.5, 0.6) is 0 Å². The van der Waals surface area contributed by atoms with E-state index >= 15 is 0 Å². The second kappa shape index (κ2) is 9.39. The molecule has 0 aliphatic heterocycles. The molecule has 0 fully saturated rings. The number of thioether (sulfide) groups is 1. The van der Waals surface area contributed by atoms with E-state index in [1.807, 2.05) is 49.4 Å². The van der Waals surface area contributed by atoms with Gasteiger partial charge in [0.25, 0.3) is 5.56 Å². The van der Waals surface area contributed by atoms with Crippen molar-refractivity contribution in [2.75, 3.05) is 12.8 Å². The van der Waals surface area contributed by atoms with Gasteiger partial charge in [-0.15, -0.1) is 0 Å². The van der Waals surface area contributed by atoms with Gasteiger partial charge in [0.15, 0.2) is 5.16 Å². The predicted octanol–water partition coefficient (Wildman–Crippen LogP) is 4.32. The highest BCUT2D eigenvalue weighted by molar-refractivity contribution is 9.10. The monoisotopic (exact) mass is 459 g/mol. The van der Waals surface area contributed by atoms with Gasteiger partial charge in [0.2, 0.25) is 5.91 Å². The molecule has 5 nitrogen and oxygen atoms in total. The molecule has 1 heterocycles. The lowest BCUT2D eigenvalue weighted by atomic mass is 10.2. The van der Waals surface area contributed by atoms with Crippen molar-refractivity contribution in [2.45, 2.75) is 31.6 Å². The Balaban J connectivity index is 1.79. The molecule has 0 saturated heterocycles. The molecule has 28 heavy (non-hydrogen) atoms. The van der Waals surface area contributed by atoms with E-state index in [-0.39, 0.29) is 17.2 Å². The van der Waals surface area contributed by atoms with E-state index in [0.717, 1.165) is 16.5 Å². The second-order valence-corrected chi connectivity index (χ2v) is 8.39. The fraction of sp³-hybridized carbons (Fsp3) is 0.286. The van der Waals surface area contributed by atoms with Crippen molar-refractivity contribution < 1.29 is 4.79 Å².